The second kappa shape index (κ2) is 4.39. The molecule has 1 amide bonds. The minimum atomic E-state index is -0.816. The van der Waals surface area contributed by atoms with E-state index < -0.39 is 6.09 Å². The summed E-state index contributed by atoms with van der Waals surface area (Å²) in [5.41, 5.74) is -0.324. The average molecular weight is 214 g/mol. The molecule has 0 radical (unpaired) electrons. The molecule has 0 bridgehead atoms. The number of nitrogens with zero attached hydrogens (tertiary/aromatic N) is 1. The molecule has 1 aliphatic rings. The second-order valence-electron chi connectivity index (χ2n) is 5.48. The molecule has 1 heterocycles. The van der Waals surface area contributed by atoms with Crippen molar-refractivity contribution in [2.75, 3.05) is 13.1 Å². The predicted molar refractivity (Wildman–Crippen MR) is 60.1 cm³/mol. The van der Waals surface area contributed by atoms with Crippen molar-refractivity contribution in [3.05, 3.63) is 0 Å². The van der Waals surface area contributed by atoms with Crippen molar-refractivity contribution in [1.29, 1.82) is 0 Å². The molecule has 1 aliphatic heterocycles. The highest BCUT2D eigenvalue weighted by Gasteiger charge is 2.35. The van der Waals surface area contributed by atoms with Gasteiger partial charge in [0.1, 0.15) is 0 Å². The predicted octanol–water partition coefficient (Wildman–Crippen LogP) is 1.76. The van der Waals surface area contributed by atoms with E-state index >= 15 is 0 Å². The first-order valence-electron chi connectivity index (χ1n) is 5.55. The van der Waals surface area contributed by atoms with Crippen molar-refractivity contribution in [2.45, 2.75) is 45.7 Å². The highest BCUT2D eigenvalue weighted by atomic mass is 16.4. The maximum Gasteiger partial charge on any atom is 0.408 e. The van der Waals surface area contributed by atoms with Gasteiger partial charge in [0.2, 0.25) is 0 Å². The van der Waals surface area contributed by atoms with E-state index in [2.05, 4.69) is 12.2 Å². The maximum absolute atomic E-state index is 11.3. The standard InChI is InChI=1S/C11H22N2O2/c1-8-5-9(7-12-6-8)13(10(14)15)11(2,3)4/h8-9,12H,5-7H2,1-4H3,(H,14,15). The van der Waals surface area contributed by atoms with Gasteiger partial charge in [-0.15, -0.1) is 0 Å². The maximum atomic E-state index is 11.3. The van der Waals surface area contributed by atoms with Gasteiger partial charge in [-0.3, -0.25) is 4.90 Å². The lowest BCUT2D eigenvalue weighted by Gasteiger charge is -2.42. The van der Waals surface area contributed by atoms with Gasteiger partial charge in [0.15, 0.2) is 0 Å². The van der Waals surface area contributed by atoms with E-state index in [0.717, 1.165) is 19.5 Å². The van der Waals surface area contributed by atoms with Gasteiger partial charge in [0.05, 0.1) is 0 Å². The molecule has 2 unspecified atom stereocenters. The Balaban J connectivity index is 2.76. The van der Waals surface area contributed by atoms with Crippen molar-refractivity contribution in [3.8, 4) is 0 Å². The minimum Gasteiger partial charge on any atom is -0.465 e. The summed E-state index contributed by atoms with van der Waals surface area (Å²) < 4.78 is 0. The van der Waals surface area contributed by atoms with Crippen LogP contribution in [0.3, 0.4) is 0 Å². The van der Waals surface area contributed by atoms with Crippen molar-refractivity contribution < 1.29 is 9.90 Å². The lowest BCUT2D eigenvalue weighted by Crippen LogP contribution is -2.57. The molecule has 1 fully saturated rings. The Morgan fingerprint density at radius 2 is 2.00 bits per heavy atom. The highest BCUT2D eigenvalue weighted by Crippen LogP contribution is 2.23. The summed E-state index contributed by atoms with van der Waals surface area (Å²) in [4.78, 5) is 12.8. The number of hydrogen-bond donors (Lipinski definition) is 2. The molecule has 4 nitrogen and oxygen atoms in total. The van der Waals surface area contributed by atoms with Gasteiger partial charge >= 0.3 is 6.09 Å². The Bertz CT molecular complexity index is 235. The van der Waals surface area contributed by atoms with Gasteiger partial charge in [-0.2, -0.15) is 0 Å². The normalized spacial score (nSPS) is 27.5. The summed E-state index contributed by atoms with van der Waals surface area (Å²) in [6.45, 7) is 9.75. The average Bonchev–Trinajstić information content (AvgIpc) is 1.99. The molecule has 88 valence electrons. The van der Waals surface area contributed by atoms with Crippen LogP contribution in [-0.2, 0) is 0 Å². The van der Waals surface area contributed by atoms with Crippen LogP contribution in [0.4, 0.5) is 4.79 Å². The van der Waals surface area contributed by atoms with Crippen LogP contribution in [0.2, 0.25) is 0 Å². The molecular formula is C11H22N2O2. The van der Waals surface area contributed by atoms with Crippen molar-refractivity contribution in [2.24, 2.45) is 5.92 Å². The third-order valence-corrected chi connectivity index (χ3v) is 2.84. The molecule has 4 heteroatoms. The SMILES string of the molecule is CC1CNCC(N(C(=O)O)C(C)(C)C)C1. The lowest BCUT2D eigenvalue weighted by atomic mass is 9.93. The third-order valence-electron chi connectivity index (χ3n) is 2.84. The van der Waals surface area contributed by atoms with Crippen LogP contribution in [0.5, 0.6) is 0 Å². The molecule has 1 rings (SSSR count). The highest BCUT2D eigenvalue weighted by molar-refractivity contribution is 5.66. The van der Waals surface area contributed by atoms with E-state index in [4.69, 9.17) is 0 Å². The molecule has 0 aromatic heterocycles. The molecule has 0 aromatic rings. The summed E-state index contributed by atoms with van der Waals surface area (Å²) in [7, 11) is 0. The Morgan fingerprint density at radius 3 is 2.40 bits per heavy atom. The minimum absolute atomic E-state index is 0.103. The Morgan fingerprint density at radius 1 is 1.40 bits per heavy atom. The number of carbonyl (C=O) groups is 1. The Hall–Kier alpha value is -0.770. The fourth-order valence-corrected chi connectivity index (χ4v) is 2.32. The largest absolute Gasteiger partial charge is 0.465 e. The molecule has 2 N–H and O–H groups in total. The van der Waals surface area contributed by atoms with E-state index in [1.54, 1.807) is 4.90 Å². The van der Waals surface area contributed by atoms with E-state index in [-0.39, 0.29) is 11.6 Å². The van der Waals surface area contributed by atoms with E-state index in [9.17, 15) is 9.90 Å². The zero-order valence-corrected chi connectivity index (χ0v) is 10.1. The topological polar surface area (TPSA) is 52.6 Å². The molecular weight excluding hydrogens is 192 g/mol. The first-order chi connectivity index (χ1) is 6.82. The lowest BCUT2D eigenvalue weighted by molar-refractivity contribution is 0.0544. The van der Waals surface area contributed by atoms with Gasteiger partial charge < -0.3 is 10.4 Å². The smallest absolute Gasteiger partial charge is 0.408 e. The molecule has 0 spiro atoms. The van der Waals surface area contributed by atoms with Crippen molar-refractivity contribution >= 4 is 6.09 Å². The second-order valence-corrected chi connectivity index (χ2v) is 5.48. The van der Waals surface area contributed by atoms with Crippen LogP contribution >= 0.6 is 0 Å². The summed E-state index contributed by atoms with van der Waals surface area (Å²) in [6.07, 6.45) is 0.139. The number of amides is 1. The van der Waals surface area contributed by atoms with Gasteiger partial charge in [-0.25, -0.2) is 4.79 Å². The fourth-order valence-electron chi connectivity index (χ4n) is 2.32. The van der Waals surface area contributed by atoms with Gasteiger partial charge in [-0.05, 0) is 39.7 Å². The van der Waals surface area contributed by atoms with Crippen LogP contribution in [-0.4, -0.2) is 40.8 Å². The number of hydrogen-bond acceptors (Lipinski definition) is 2. The van der Waals surface area contributed by atoms with Crippen LogP contribution < -0.4 is 5.32 Å². The van der Waals surface area contributed by atoms with Gasteiger partial charge in [0, 0.05) is 18.1 Å². The number of nitrogens with one attached hydrogen (secondary N) is 1. The van der Waals surface area contributed by atoms with Crippen molar-refractivity contribution in [1.82, 2.24) is 10.2 Å². The van der Waals surface area contributed by atoms with Crippen molar-refractivity contribution in [3.63, 3.8) is 0 Å². The summed E-state index contributed by atoms with van der Waals surface area (Å²) in [5.74, 6) is 0.549. The third kappa shape index (κ3) is 3.09. The summed E-state index contributed by atoms with van der Waals surface area (Å²) >= 11 is 0. The Labute approximate surface area is 91.6 Å². The van der Waals surface area contributed by atoms with E-state index in [1.165, 1.54) is 0 Å². The molecule has 0 aliphatic carbocycles. The first kappa shape index (κ1) is 12.3. The number of piperidine rings is 1. The number of rotatable bonds is 1. The fraction of sp³-hybridized carbons (Fsp3) is 0.909. The molecule has 0 saturated carbocycles. The quantitative estimate of drug-likeness (QED) is 0.699. The monoisotopic (exact) mass is 214 g/mol. The van der Waals surface area contributed by atoms with Gasteiger partial charge in [0.25, 0.3) is 0 Å². The number of carboxylic acid groups (broad SMARTS) is 1. The first-order valence-corrected chi connectivity index (χ1v) is 5.55. The zero-order chi connectivity index (χ0) is 11.6. The van der Waals surface area contributed by atoms with Crippen LogP contribution in [0.1, 0.15) is 34.1 Å². The molecule has 15 heavy (non-hydrogen) atoms. The van der Waals surface area contributed by atoms with E-state index in [0.29, 0.717) is 5.92 Å². The van der Waals surface area contributed by atoms with Crippen LogP contribution in [0.15, 0.2) is 0 Å². The molecule has 1 saturated heterocycles. The van der Waals surface area contributed by atoms with Gasteiger partial charge in [-0.1, -0.05) is 6.92 Å². The van der Waals surface area contributed by atoms with Crippen LogP contribution in [0.25, 0.3) is 0 Å². The van der Waals surface area contributed by atoms with Crippen LogP contribution in [0, 0.1) is 5.92 Å². The Kier molecular flexibility index (Phi) is 3.60. The van der Waals surface area contributed by atoms with E-state index in [1.807, 2.05) is 20.8 Å². The summed E-state index contributed by atoms with van der Waals surface area (Å²) in [5, 5.41) is 12.5. The molecule has 2 atom stereocenters. The summed E-state index contributed by atoms with van der Waals surface area (Å²) in [6, 6.07) is 0.103. The molecule has 0 aromatic carbocycles. The zero-order valence-electron chi connectivity index (χ0n) is 10.1.